The van der Waals surface area contributed by atoms with Crippen molar-refractivity contribution in [3.8, 4) is 0 Å². The molecule has 1 aromatic rings. The molecule has 1 fully saturated rings. The summed E-state index contributed by atoms with van der Waals surface area (Å²) in [5, 5.41) is 9.72. The summed E-state index contributed by atoms with van der Waals surface area (Å²) in [5.74, 6) is 0.0496. The van der Waals surface area contributed by atoms with Gasteiger partial charge < -0.3 is 10.8 Å². The SMILES string of the molecule is CC(C)CCN1C(N)C(c2cccc(Cl)c2F)C[C@@H]1CO. The van der Waals surface area contributed by atoms with Crippen LogP contribution in [-0.2, 0) is 0 Å². The number of hydrogen-bond acceptors (Lipinski definition) is 3. The summed E-state index contributed by atoms with van der Waals surface area (Å²) in [6.45, 7) is 5.18. The molecule has 3 atom stereocenters. The number of rotatable bonds is 5. The van der Waals surface area contributed by atoms with E-state index >= 15 is 0 Å². The number of nitrogens with zero attached hydrogens (tertiary/aromatic N) is 1. The van der Waals surface area contributed by atoms with Crippen molar-refractivity contribution in [3.63, 3.8) is 0 Å². The fourth-order valence-electron chi connectivity index (χ4n) is 3.08. The molecule has 0 amide bonds. The summed E-state index contributed by atoms with van der Waals surface area (Å²) >= 11 is 5.87. The van der Waals surface area contributed by atoms with Gasteiger partial charge in [0.05, 0.1) is 17.8 Å². The average molecular weight is 315 g/mol. The van der Waals surface area contributed by atoms with E-state index in [0.29, 0.717) is 17.9 Å². The molecule has 21 heavy (non-hydrogen) atoms. The highest BCUT2D eigenvalue weighted by atomic mass is 35.5. The third-order valence-corrected chi connectivity index (χ3v) is 4.64. The largest absolute Gasteiger partial charge is 0.395 e. The van der Waals surface area contributed by atoms with Crippen LogP contribution >= 0.6 is 11.6 Å². The number of halogens is 2. The van der Waals surface area contributed by atoms with Gasteiger partial charge in [-0.2, -0.15) is 0 Å². The second kappa shape index (κ2) is 7.05. The van der Waals surface area contributed by atoms with Gasteiger partial charge in [-0.3, -0.25) is 4.90 Å². The molecule has 1 heterocycles. The average Bonchev–Trinajstić information content (AvgIpc) is 2.76. The first-order valence-electron chi connectivity index (χ1n) is 7.51. The number of likely N-dealkylation sites (tertiary alicyclic amines) is 1. The fraction of sp³-hybridized carbons (Fsp3) is 0.625. The molecule has 1 aliphatic rings. The Bertz CT molecular complexity index is 483. The first-order valence-corrected chi connectivity index (χ1v) is 7.89. The number of aliphatic hydroxyl groups excluding tert-OH is 1. The summed E-state index contributed by atoms with van der Waals surface area (Å²) in [4.78, 5) is 2.10. The maximum absolute atomic E-state index is 14.2. The molecule has 1 aromatic carbocycles. The Kier molecular flexibility index (Phi) is 5.60. The van der Waals surface area contributed by atoms with Crippen LogP contribution in [0.15, 0.2) is 18.2 Å². The quantitative estimate of drug-likeness (QED) is 0.878. The van der Waals surface area contributed by atoms with Gasteiger partial charge in [-0.15, -0.1) is 0 Å². The summed E-state index contributed by atoms with van der Waals surface area (Å²) in [7, 11) is 0. The minimum absolute atomic E-state index is 0.0119. The van der Waals surface area contributed by atoms with Crippen molar-refractivity contribution in [2.24, 2.45) is 11.7 Å². The zero-order valence-electron chi connectivity index (χ0n) is 12.6. The molecule has 0 saturated carbocycles. The third kappa shape index (κ3) is 3.57. The number of hydrogen-bond donors (Lipinski definition) is 2. The molecule has 2 unspecified atom stereocenters. The van der Waals surface area contributed by atoms with Crippen LogP contribution in [0.2, 0.25) is 5.02 Å². The molecule has 0 aromatic heterocycles. The zero-order valence-corrected chi connectivity index (χ0v) is 13.4. The molecule has 2 rings (SSSR count). The molecule has 0 spiro atoms. The Hall–Kier alpha value is -0.680. The minimum Gasteiger partial charge on any atom is -0.395 e. The number of aliphatic hydroxyl groups is 1. The number of benzene rings is 1. The maximum atomic E-state index is 14.2. The van der Waals surface area contributed by atoms with Crippen LogP contribution in [0.5, 0.6) is 0 Å². The number of nitrogens with two attached hydrogens (primary N) is 1. The van der Waals surface area contributed by atoms with Crippen LogP contribution in [0.25, 0.3) is 0 Å². The van der Waals surface area contributed by atoms with Crippen LogP contribution in [0.4, 0.5) is 4.39 Å². The third-order valence-electron chi connectivity index (χ3n) is 4.35. The topological polar surface area (TPSA) is 49.5 Å². The standard InChI is InChI=1S/C16H24ClFN2O/c1-10(2)6-7-20-11(9-21)8-13(16(20)19)12-4-3-5-14(17)15(12)18/h3-5,10-11,13,16,21H,6-9,19H2,1-2H3/t11-,13?,16?/m1/s1. The minimum atomic E-state index is -0.387. The van der Waals surface area contributed by atoms with Crippen molar-refractivity contribution in [3.05, 3.63) is 34.6 Å². The van der Waals surface area contributed by atoms with Crippen molar-refractivity contribution in [1.82, 2.24) is 4.90 Å². The van der Waals surface area contributed by atoms with Gasteiger partial charge in [-0.05, 0) is 30.4 Å². The first kappa shape index (κ1) is 16.7. The van der Waals surface area contributed by atoms with Crippen LogP contribution in [0, 0.1) is 11.7 Å². The van der Waals surface area contributed by atoms with E-state index in [-0.39, 0.29) is 35.6 Å². The molecule has 0 aliphatic carbocycles. The van der Waals surface area contributed by atoms with Crippen molar-refractivity contribution in [1.29, 1.82) is 0 Å². The van der Waals surface area contributed by atoms with Gasteiger partial charge in [0.1, 0.15) is 5.82 Å². The molecular weight excluding hydrogens is 291 g/mol. The predicted molar refractivity (Wildman–Crippen MR) is 83.8 cm³/mol. The van der Waals surface area contributed by atoms with E-state index in [2.05, 4.69) is 18.7 Å². The van der Waals surface area contributed by atoms with E-state index in [1.807, 2.05) is 0 Å². The lowest BCUT2D eigenvalue weighted by Crippen LogP contribution is -2.45. The van der Waals surface area contributed by atoms with Crippen molar-refractivity contribution >= 4 is 11.6 Å². The molecule has 0 bridgehead atoms. The smallest absolute Gasteiger partial charge is 0.145 e. The highest BCUT2D eigenvalue weighted by Crippen LogP contribution is 2.37. The van der Waals surface area contributed by atoms with E-state index in [1.165, 1.54) is 0 Å². The fourth-order valence-corrected chi connectivity index (χ4v) is 3.26. The van der Waals surface area contributed by atoms with E-state index in [1.54, 1.807) is 18.2 Å². The lowest BCUT2D eigenvalue weighted by atomic mass is 9.94. The van der Waals surface area contributed by atoms with Crippen molar-refractivity contribution < 1.29 is 9.50 Å². The molecule has 3 N–H and O–H groups in total. The highest BCUT2D eigenvalue weighted by molar-refractivity contribution is 6.30. The van der Waals surface area contributed by atoms with Gasteiger partial charge in [0.2, 0.25) is 0 Å². The summed E-state index contributed by atoms with van der Waals surface area (Å²) in [5.41, 5.74) is 6.89. The second-order valence-corrected chi connectivity index (χ2v) is 6.64. The molecule has 1 saturated heterocycles. The molecule has 3 nitrogen and oxygen atoms in total. The van der Waals surface area contributed by atoms with Gasteiger partial charge in [0, 0.05) is 18.5 Å². The van der Waals surface area contributed by atoms with Crippen LogP contribution in [0.1, 0.15) is 38.2 Å². The zero-order chi connectivity index (χ0) is 15.6. The van der Waals surface area contributed by atoms with Gasteiger partial charge in [-0.1, -0.05) is 37.6 Å². The normalized spacial score (nSPS) is 26.7. The molecule has 1 aliphatic heterocycles. The van der Waals surface area contributed by atoms with E-state index in [0.717, 1.165) is 13.0 Å². The Balaban J connectivity index is 2.20. The highest BCUT2D eigenvalue weighted by Gasteiger charge is 2.40. The lowest BCUT2D eigenvalue weighted by Gasteiger charge is -2.28. The Morgan fingerprint density at radius 1 is 1.48 bits per heavy atom. The summed E-state index contributed by atoms with van der Waals surface area (Å²) < 4.78 is 14.2. The second-order valence-electron chi connectivity index (χ2n) is 6.23. The lowest BCUT2D eigenvalue weighted by molar-refractivity contribution is 0.124. The van der Waals surface area contributed by atoms with E-state index in [4.69, 9.17) is 17.3 Å². The van der Waals surface area contributed by atoms with Gasteiger partial charge >= 0.3 is 0 Å². The molecule has 5 heteroatoms. The summed E-state index contributed by atoms with van der Waals surface area (Å²) in [6, 6.07) is 5.02. The molecule has 118 valence electrons. The van der Waals surface area contributed by atoms with Crippen molar-refractivity contribution in [2.45, 2.75) is 44.8 Å². The van der Waals surface area contributed by atoms with Crippen LogP contribution in [-0.4, -0.2) is 35.4 Å². The van der Waals surface area contributed by atoms with E-state index in [9.17, 15) is 9.50 Å². The summed E-state index contributed by atoms with van der Waals surface area (Å²) in [6.07, 6.45) is 1.39. The Morgan fingerprint density at radius 3 is 2.81 bits per heavy atom. The molecule has 0 radical (unpaired) electrons. The predicted octanol–water partition coefficient (Wildman–Crippen LogP) is 2.96. The van der Waals surface area contributed by atoms with Crippen LogP contribution in [0.3, 0.4) is 0 Å². The Labute approximate surface area is 130 Å². The monoisotopic (exact) mass is 314 g/mol. The maximum Gasteiger partial charge on any atom is 0.145 e. The van der Waals surface area contributed by atoms with Gasteiger partial charge in [-0.25, -0.2) is 4.39 Å². The van der Waals surface area contributed by atoms with Crippen LogP contribution < -0.4 is 5.73 Å². The van der Waals surface area contributed by atoms with E-state index < -0.39 is 0 Å². The molecular formula is C16H24ClFN2O. The first-order chi connectivity index (χ1) is 9.95. The Morgan fingerprint density at radius 2 is 2.19 bits per heavy atom. The van der Waals surface area contributed by atoms with Gasteiger partial charge in [0.25, 0.3) is 0 Å². The van der Waals surface area contributed by atoms with Gasteiger partial charge in [0.15, 0.2) is 0 Å². The van der Waals surface area contributed by atoms with Crippen molar-refractivity contribution in [2.75, 3.05) is 13.2 Å².